The smallest absolute Gasteiger partial charge is 0.292 e. The van der Waals surface area contributed by atoms with E-state index in [2.05, 4.69) is 20.8 Å². The fraction of sp³-hybridized carbons (Fsp3) is 0.667. The summed E-state index contributed by atoms with van der Waals surface area (Å²) in [5.41, 5.74) is 0. The fourth-order valence-corrected chi connectivity index (χ4v) is 1.13. The van der Waals surface area contributed by atoms with Gasteiger partial charge in [-0.3, -0.25) is 4.79 Å². The number of amides is 1. The molecule has 15 heavy (non-hydrogen) atoms. The Morgan fingerprint density at radius 1 is 1.60 bits per heavy atom. The van der Waals surface area contributed by atoms with Gasteiger partial charge in [0.2, 0.25) is 5.89 Å². The summed E-state index contributed by atoms with van der Waals surface area (Å²) in [4.78, 5) is 15.4. The minimum Gasteiger partial charge on any atom is -0.346 e. The largest absolute Gasteiger partial charge is 0.346 e. The minimum absolute atomic E-state index is 0.120. The molecule has 0 radical (unpaired) electrons. The molecule has 0 unspecified atom stereocenters. The summed E-state index contributed by atoms with van der Waals surface area (Å²) in [5.74, 6) is 0.316. The van der Waals surface area contributed by atoms with E-state index in [4.69, 9.17) is 4.52 Å². The molecule has 1 heterocycles. The molecule has 1 aromatic heterocycles. The second kappa shape index (κ2) is 4.39. The molecule has 2 rings (SSSR count). The van der Waals surface area contributed by atoms with E-state index >= 15 is 0 Å². The number of carbonyl (C=O) groups excluding carboxylic acids is 1. The van der Waals surface area contributed by atoms with Crippen LogP contribution < -0.4 is 10.6 Å². The van der Waals surface area contributed by atoms with Crippen LogP contribution in [0.25, 0.3) is 0 Å². The SMILES string of the molecule is CCNCc1nc(C(=O)NC2CC2)no1. The van der Waals surface area contributed by atoms with Crippen LogP contribution in [0.2, 0.25) is 0 Å². The molecule has 0 spiro atoms. The Morgan fingerprint density at radius 3 is 3.07 bits per heavy atom. The van der Waals surface area contributed by atoms with Crippen LogP contribution >= 0.6 is 0 Å². The zero-order valence-corrected chi connectivity index (χ0v) is 8.62. The Kier molecular flexibility index (Phi) is 2.96. The van der Waals surface area contributed by atoms with Gasteiger partial charge in [0.15, 0.2) is 0 Å². The number of hydrogen-bond donors (Lipinski definition) is 2. The molecule has 1 saturated carbocycles. The van der Waals surface area contributed by atoms with Gasteiger partial charge in [-0.1, -0.05) is 12.1 Å². The summed E-state index contributed by atoms with van der Waals surface area (Å²) in [5, 5.41) is 9.45. The van der Waals surface area contributed by atoms with Crippen LogP contribution in [0.3, 0.4) is 0 Å². The van der Waals surface area contributed by atoms with Gasteiger partial charge in [-0.15, -0.1) is 0 Å². The molecule has 82 valence electrons. The van der Waals surface area contributed by atoms with Crippen molar-refractivity contribution in [1.82, 2.24) is 20.8 Å². The predicted molar refractivity (Wildman–Crippen MR) is 52.2 cm³/mol. The Labute approximate surface area is 87.4 Å². The lowest BCUT2D eigenvalue weighted by Gasteiger charge is -1.96. The van der Waals surface area contributed by atoms with Crippen molar-refractivity contribution < 1.29 is 9.32 Å². The van der Waals surface area contributed by atoms with Gasteiger partial charge in [0.05, 0.1) is 6.54 Å². The van der Waals surface area contributed by atoms with Crippen LogP contribution in [0.5, 0.6) is 0 Å². The van der Waals surface area contributed by atoms with Crippen molar-refractivity contribution in [2.75, 3.05) is 6.54 Å². The molecule has 0 saturated heterocycles. The monoisotopic (exact) mass is 210 g/mol. The van der Waals surface area contributed by atoms with Crippen molar-refractivity contribution in [3.63, 3.8) is 0 Å². The van der Waals surface area contributed by atoms with Crippen molar-refractivity contribution in [1.29, 1.82) is 0 Å². The summed E-state index contributed by atoms with van der Waals surface area (Å²) < 4.78 is 4.91. The first-order chi connectivity index (χ1) is 7.29. The molecule has 0 aliphatic heterocycles. The number of carbonyl (C=O) groups is 1. The van der Waals surface area contributed by atoms with Gasteiger partial charge >= 0.3 is 0 Å². The standard InChI is InChI=1S/C9H14N4O2/c1-2-10-5-7-12-8(13-15-7)9(14)11-6-3-4-6/h6,10H,2-5H2,1H3,(H,11,14). The van der Waals surface area contributed by atoms with Gasteiger partial charge in [-0.2, -0.15) is 4.98 Å². The zero-order valence-electron chi connectivity index (χ0n) is 8.62. The van der Waals surface area contributed by atoms with Crippen LogP contribution in [-0.2, 0) is 6.54 Å². The molecule has 6 heteroatoms. The highest BCUT2D eigenvalue weighted by molar-refractivity contribution is 5.90. The maximum atomic E-state index is 11.5. The van der Waals surface area contributed by atoms with Crippen LogP contribution in [0.4, 0.5) is 0 Å². The first kappa shape index (κ1) is 10.1. The van der Waals surface area contributed by atoms with Crippen molar-refractivity contribution in [2.24, 2.45) is 0 Å². The second-order valence-corrected chi connectivity index (χ2v) is 3.54. The molecule has 2 N–H and O–H groups in total. The summed E-state index contributed by atoms with van der Waals surface area (Å²) in [7, 11) is 0. The van der Waals surface area contributed by atoms with Crippen molar-refractivity contribution in [2.45, 2.75) is 32.4 Å². The second-order valence-electron chi connectivity index (χ2n) is 3.54. The fourth-order valence-electron chi connectivity index (χ4n) is 1.13. The highest BCUT2D eigenvalue weighted by atomic mass is 16.5. The summed E-state index contributed by atoms with van der Waals surface area (Å²) in [6.45, 7) is 3.31. The summed E-state index contributed by atoms with van der Waals surface area (Å²) >= 11 is 0. The van der Waals surface area contributed by atoms with Gasteiger partial charge in [0.25, 0.3) is 11.7 Å². The molecule has 0 aromatic carbocycles. The number of aromatic nitrogens is 2. The quantitative estimate of drug-likeness (QED) is 0.719. The van der Waals surface area contributed by atoms with Crippen molar-refractivity contribution >= 4 is 5.91 Å². The van der Waals surface area contributed by atoms with E-state index in [9.17, 15) is 4.79 Å². The normalized spacial score (nSPS) is 15.3. The molecule has 0 bridgehead atoms. The van der Waals surface area contributed by atoms with E-state index < -0.39 is 0 Å². The van der Waals surface area contributed by atoms with Gasteiger partial charge in [0, 0.05) is 6.04 Å². The average Bonchev–Trinajstić information content (AvgIpc) is 2.92. The predicted octanol–water partition coefficient (Wildman–Crippen LogP) is 0.0713. The minimum atomic E-state index is -0.246. The van der Waals surface area contributed by atoms with Crippen LogP contribution in [0, 0.1) is 0 Å². The molecule has 1 aliphatic rings. The molecule has 1 aliphatic carbocycles. The van der Waals surface area contributed by atoms with Gasteiger partial charge < -0.3 is 15.2 Å². The number of nitrogens with one attached hydrogen (secondary N) is 2. The molecule has 0 atom stereocenters. The van der Waals surface area contributed by atoms with E-state index in [0.717, 1.165) is 19.4 Å². The third-order valence-corrected chi connectivity index (χ3v) is 2.11. The maximum Gasteiger partial charge on any atom is 0.292 e. The Bertz CT molecular complexity index is 346. The molecule has 1 amide bonds. The lowest BCUT2D eigenvalue weighted by molar-refractivity contribution is 0.0937. The first-order valence-electron chi connectivity index (χ1n) is 5.13. The van der Waals surface area contributed by atoms with Gasteiger partial charge in [-0.25, -0.2) is 0 Å². The van der Waals surface area contributed by atoms with Crippen LogP contribution in [0.15, 0.2) is 4.52 Å². The molecule has 6 nitrogen and oxygen atoms in total. The van der Waals surface area contributed by atoms with E-state index in [1.807, 2.05) is 6.92 Å². The first-order valence-corrected chi connectivity index (χ1v) is 5.13. The lowest BCUT2D eigenvalue weighted by Crippen LogP contribution is -2.26. The topological polar surface area (TPSA) is 80.0 Å². The molecule has 1 aromatic rings. The van der Waals surface area contributed by atoms with E-state index in [-0.39, 0.29) is 11.7 Å². The zero-order chi connectivity index (χ0) is 10.7. The van der Waals surface area contributed by atoms with Crippen LogP contribution in [0.1, 0.15) is 36.3 Å². The third-order valence-electron chi connectivity index (χ3n) is 2.11. The molecule has 1 fully saturated rings. The average molecular weight is 210 g/mol. The number of nitrogens with zero attached hydrogens (tertiary/aromatic N) is 2. The lowest BCUT2D eigenvalue weighted by atomic mass is 10.5. The van der Waals surface area contributed by atoms with Crippen LogP contribution in [-0.4, -0.2) is 28.6 Å². The summed E-state index contributed by atoms with van der Waals surface area (Å²) in [6.07, 6.45) is 2.10. The van der Waals surface area contributed by atoms with E-state index in [1.54, 1.807) is 0 Å². The van der Waals surface area contributed by atoms with Crippen molar-refractivity contribution in [3.05, 3.63) is 11.7 Å². The Balaban J connectivity index is 1.89. The molecular weight excluding hydrogens is 196 g/mol. The highest BCUT2D eigenvalue weighted by Gasteiger charge is 2.25. The summed E-state index contributed by atoms with van der Waals surface area (Å²) in [6, 6.07) is 0.313. The Morgan fingerprint density at radius 2 is 2.40 bits per heavy atom. The van der Waals surface area contributed by atoms with Crippen molar-refractivity contribution in [3.8, 4) is 0 Å². The van der Waals surface area contributed by atoms with Gasteiger partial charge in [0.1, 0.15) is 0 Å². The number of rotatable bonds is 5. The number of hydrogen-bond acceptors (Lipinski definition) is 5. The Hall–Kier alpha value is -1.43. The highest BCUT2D eigenvalue weighted by Crippen LogP contribution is 2.18. The van der Waals surface area contributed by atoms with E-state index in [1.165, 1.54) is 0 Å². The van der Waals surface area contributed by atoms with Gasteiger partial charge in [-0.05, 0) is 19.4 Å². The third kappa shape index (κ3) is 2.76. The molecular formula is C9H14N4O2. The van der Waals surface area contributed by atoms with E-state index in [0.29, 0.717) is 18.5 Å². The maximum absolute atomic E-state index is 11.5.